The van der Waals surface area contributed by atoms with Crippen molar-refractivity contribution in [1.82, 2.24) is 5.32 Å². The minimum Gasteiger partial charge on any atom is -0.379 e. The highest BCUT2D eigenvalue weighted by molar-refractivity contribution is 4.83. The standard InChI is InChI=1S/C16H33NO/c1-13(2)18-12-6-11-17-15-9-7-14(8-10-15)16(3,4)5/h13-15,17H,6-12H2,1-5H3. The molecule has 2 nitrogen and oxygen atoms in total. The van der Waals surface area contributed by atoms with Gasteiger partial charge in [-0.25, -0.2) is 0 Å². The third kappa shape index (κ3) is 6.19. The summed E-state index contributed by atoms with van der Waals surface area (Å²) in [6.07, 6.45) is 7.00. The van der Waals surface area contributed by atoms with E-state index in [4.69, 9.17) is 4.74 Å². The van der Waals surface area contributed by atoms with Gasteiger partial charge in [-0.15, -0.1) is 0 Å². The highest BCUT2D eigenvalue weighted by atomic mass is 16.5. The normalized spacial score (nSPS) is 25.7. The Kier molecular flexibility index (Phi) is 6.65. The molecule has 1 aliphatic carbocycles. The average molecular weight is 255 g/mol. The van der Waals surface area contributed by atoms with Gasteiger partial charge in [-0.3, -0.25) is 0 Å². The summed E-state index contributed by atoms with van der Waals surface area (Å²) in [6.45, 7) is 13.3. The molecule has 1 fully saturated rings. The van der Waals surface area contributed by atoms with Gasteiger partial charge >= 0.3 is 0 Å². The van der Waals surface area contributed by atoms with Crippen LogP contribution in [0.3, 0.4) is 0 Å². The van der Waals surface area contributed by atoms with Crippen molar-refractivity contribution in [3.63, 3.8) is 0 Å². The fraction of sp³-hybridized carbons (Fsp3) is 1.00. The number of hydrogen-bond acceptors (Lipinski definition) is 2. The van der Waals surface area contributed by atoms with E-state index in [9.17, 15) is 0 Å². The lowest BCUT2D eigenvalue weighted by atomic mass is 9.71. The zero-order chi connectivity index (χ0) is 13.6. The molecule has 0 spiro atoms. The van der Waals surface area contributed by atoms with Crippen LogP contribution in [0.4, 0.5) is 0 Å². The third-order valence-corrected chi connectivity index (χ3v) is 4.16. The Hall–Kier alpha value is -0.0800. The van der Waals surface area contributed by atoms with E-state index in [1.807, 2.05) is 0 Å². The van der Waals surface area contributed by atoms with Crippen LogP contribution < -0.4 is 5.32 Å². The van der Waals surface area contributed by atoms with Crippen LogP contribution in [-0.4, -0.2) is 25.3 Å². The molecule has 0 radical (unpaired) electrons. The first-order valence-corrected chi connectivity index (χ1v) is 7.74. The van der Waals surface area contributed by atoms with Crippen molar-refractivity contribution in [3.8, 4) is 0 Å². The van der Waals surface area contributed by atoms with Gasteiger partial charge in [0.2, 0.25) is 0 Å². The molecule has 1 aliphatic rings. The van der Waals surface area contributed by atoms with Gasteiger partial charge in [0.1, 0.15) is 0 Å². The Morgan fingerprint density at radius 3 is 2.22 bits per heavy atom. The van der Waals surface area contributed by atoms with Crippen LogP contribution >= 0.6 is 0 Å². The first kappa shape index (κ1) is 16.0. The Labute approximate surface area is 114 Å². The molecule has 1 saturated carbocycles. The average Bonchev–Trinajstić information content (AvgIpc) is 2.27. The lowest BCUT2D eigenvalue weighted by Crippen LogP contribution is -2.36. The molecule has 1 N–H and O–H groups in total. The van der Waals surface area contributed by atoms with Crippen LogP contribution in [0, 0.1) is 11.3 Å². The molecule has 0 aromatic carbocycles. The van der Waals surface area contributed by atoms with Crippen LogP contribution in [0.15, 0.2) is 0 Å². The van der Waals surface area contributed by atoms with Gasteiger partial charge in [-0.05, 0) is 63.8 Å². The maximum Gasteiger partial charge on any atom is 0.0518 e. The number of nitrogens with one attached hydrogen (secondary N) is 1. The molecule has 0 heterocycles. The molecular weight excluding hydrogens is 222 g/mol. The second-order valence-electron chi connectivity index (χ2n) is 7.14. The van der Waals surface area contributed by atoms with Crippen LogP contribution in [0.2, 0.25) is 0 Å². The zero-order valence-corrected chi connectivity index (χ0v) is 13.1. The van der Waals surface area contributed by atoms with Crippen molar-refractivity contribution in [2.45, 2.75) is 78.9 Å². The monoisotopic (exact) mass is 255 g/mol. The van der Waals surface area contributed by atoms with Gasteiger partial charge in [-0.2, -0.15) is 0 Å². The van der Waals surface area contributed by atoms with Crippen molar-refractivity contribution in [1.29, 1.82) is 0 Å². The maximum atomic E-state index is 5.55. The maximum absolute atomic E-state index is 5.55. The molecule has 108 valence electrons. The van der Waals surface area contributed by atoms with Crippen molar-refractivity contribution in [3.05, 3.63) is 0 Å². The predicted octanol–water partition coefficient (Wildman–Crippen LogP) is 4.00. The summed E-state index contributed by atoms with van der Waals surface area (Å²) in [6, 6.07) is 0.752. The molecule has 0 aliphatic heterocycles. The van der Waals surface area contributed by atoms with E-state index in [2.05, 4.69) is 39.9 Å². The van der Waals surface area contributed by atoms with E-state index >= 15 is 0 Å². The van der Waals surface area contributed by atoms with E-state index in [1.54, 1.807) is 0 Å². The molecule has 0 aromatic heterocycles. The summed E-state index contributed by atoms with van der Waals surface area (Å²) in [4.78, 5) is 0. The topological polar surface area (TPSA) is 21.3 Å². The first-order valence-electron chi connectivity index (χ1n) is 7.74. The van der Waals surface area contributed by atoms with E-state index < -0.39 is 0 Å². The highest BCUT2D eigenvalue weighted by Gasteiger charge is 2.29. The Morgan fingerprint density at radius 1 is 1.11 bits per heavy atom. The van der Waals surface area contributed by atoms with Crippen molar-refractivity contribution < 1.29 is 4.74 Å². The number of hydrogen-bond donors (Lipinski definition) is 1. The van der Waals surface area contributed by atoms with Gasteiger partial charge in [0, 0.05) is 12.6 Å². The molecule has 18 heavy (non-hydrogen) atoms. The van der Waals surface area contributed by atoms with Gasteiger partial charge in [0.05, 0.1) is 6.10 Å². The van der Waals surface area contributed by atoms with E-state index in [1.165, 1.54) is 25.7 Å². The Morgan fingerprint density at radius 2 is 1.72 bits per heavy atom. The van der Waals surface area contributed by atoms with Crippen LogP contribution in [-0.2, 0) is 4.74 Å². The van der Waals surface area contributed by atoms with Crippen LogP contribution in [0.5, 0.6) is 0 Å². The van der Waals surface area contributed by atoms with Gasteiger partial charge in [-0.1, -0.05) is 20.8 Å². The minimum absolute atomic E-state index is 0.368. The van der Waals surface area contributed by atoms with Gasteiger partial charge in [0.25, 0.3) is 0 Å². The van der Waals surface area contributed by atoms with Gasteiger partial charge in [0.15, 0.2) is 0 Å². The molecule has 2 heteroatoms. The first-order chi connectivity index (χ1) is 8.39. The van der Waals surface area contributed by atoms with Crippen LogP contribution in [0.1, 0.15) is 66.7 Å². The summed E-state index contributed by atoms with van der Waals surface area (Å²) in [5.74, 6) is 0.917. The smallest absolute Gasteiger partial charge is 0.0518 e. The second-order valence-corrected chi connectivity index (χ2v) is 7.14. The summed E-state index contributed by atoms with van der Waals surface area (Å²) < 4.78 is 5.55. The highest BCUT2D eigenvalue weighted by Crippen LogP contribution is 2.37. The fourth-order valence-electron chi connectivity index (χ4n) is 2.86. The predicted molar refractivity (Wildman–Crippen MR) is 78.9 cm³/mol. The van der Waals surface area contributed by atoms with Crippen LogP contribution in [0.25, 0.3) is 0 Å². The molecule has 0 atom stereocenters. The SMILES string of the molecule is CC(C)OCCCNC1CCC(C(C)(C)C)CC1. The number of ether oxygens (including phenoxy) is 1. The van der Waals surface area contributed by atoms with Crippen molar-refractivity contribution in [2.24, 2.45) is 11.3 Å². The van der Waals surface area contributed by atoms with Crippen molar-refractivity contribution >= 4 is 0 Å². The van der Waals surface area contributed by atoms with Gasteiger partial charge < -0.3 is 10.1 Å². The molecule has 0 aromatic rings. The Balaban J connectivity index is 2.06. The second kappa shape index (κ2) is 7.49. The summed E-state index contributed by atoms with van der Waals surface area (Å²) >= 11 is 0. The zero-order valence-electron chi connectivity index (χ0n) is 13.1. The summed E-state index contributed by atoms with van der Waals surface area (Å²) in [7, 11) is 0. The molecule has 0 unspecified atom stereocenters. The van der Waals surface area contributed by atoms with E-state index in [-0.39, 0.29) is 0 Å². The largest absolute Gasteiger partial charge is 0.379 e. The molecular formula is C16H33NO. The molecule has 0 bridgehead atoms. The summed E-state index contributed by atoms with van der Waals surface area (Å²) in [5.41, 5.74) is 0.496. The number of rotatable bonds is 6. The molecule has 0 amide bonds. The minimum atomic E-state index is 0.368. The Bertz CT molecular complexity index is 212. The lowest BCUT2D eigenvalue weighted by molar-refractivity contribution is 0.0760. The fourth-order valence-corrected chi connectivity index (χ4v) is 2.86. The lowest BCUT2D eigenvalue weighted by Gasteiger charge is -2.37. The summed E-state index contributed by atoms with van der Waals surface area (Å²) in [5, 5.41) is 3.69. The quantitative estimate of drug-likeness (QED) is 0.724. The third-order valence-electron chi connectivity index (χ3n) is 4.16. The van der Waals surface area contributed by atoms with Crippen molar-refractivity contribution in [2.75, 3.05) is 13.2 Å². The molecule has 1 rings (SSSR count). The van der Waals surface area contributed by atoms with E-state index in [0.29, 0.717) is 11.5 Å². The molecule has 0 saturated heterocycles. The van der Waals surface area contributed by atoms with E-state index in [0.717, 1.165) is 31.5 Å².